The van der Waals surface area contributed by atoms with Crippen LogP contribution in [0.4, 0.5) is 0 Å². The van der Waals surface area contributed by atoms with Crippen LogP contribution in [0.25, 0.3) is 0 Å². The number of carbonyl (C=O) groups is 1. The van der Waals surface area contributed by atoms with Gasteiger partial charge in [-0.05, 0) is 25.3 Å². The Morgan fingerprint density at radius 2 is 2.33 bits per heavy atom. The quantitative estimate of drug-likeness (QED) is 0.570. The summed E-state index contributed by atoms with van der Waals surface area (Å²) in [5.74, 6) is 0.484. The van der Waals surface area contributed by atoms with Gasteiger partial charge in [0, 0.05) is 19.7 Å². The molecule has 3 N–H and O–H groups in total. The Morgan fingerprint density at radius 3 is 2.80 bits per heavy atom. The van der Waals surface area contributed by atoms with Crippen molar-refractivity contribution in [3.63, 3.8) is 0 Å². The minimum Gasteiger partial charge on any atom is -0.396 e. The standard InChI is InChI=1S/C11H22N2O2/c1-9(2)11(4-6-12-8-11)10(15)13-5-3-7-14/h9,12,14H,3-8H2,1-2H3,(H,13,15). The van der Waals surface area contributed by atoms with Crippen LogP contribution in [0.3, 0.4) is 0 Å². The minimum atomic E-state index is -0.241. The Labute approximate surface area is 91.4 Å². The molecule has 1 rings (SSSR count). The number of aliphatic hydroxyl groups excluding tert-OH is 1. The maximum absolute atomic E-state index is 12.1. The maximum Gasteiger partial charge on any atom is 0.227 e. The third kappa shape index (κ3) is 2.69. The van der Waals surface area contributed by atoms with E-state index >= 15 is 0 Å². The highest BCUT2D eigenvalue weighted by Crippen LogP contribution is 2.34. The topological polar surface area (TPSA) is 61.4 Å². The lowest BCUT2D eigenvalue weighted by molar-refractivity contribution is -0.132. The SMILES string of the molecule is CC(C)C1(C(=O)NCCCO)CCNC1. The first-order valence-corrected chi connectivity index (χ1v) is 5.73. The molecule has 0 aliphatic carbocycles. The fourth-order valence-electron chi connectivity index (χ4n) is 2.12. The molecule has 1 heterocycles. The van der Waals surface area contributed by atoms with Crippen molar-refractivity contribution < 1.29 is 9.90 Å². The predicted octanol–water partition coefficient (Wildman–Crippen LogP) is 0.121. The van der Waals surface area contributed by atoms with E-state index in [-0.39, 0.29) is 17.9 Å². The van der Waals surface area contributed by atoms with Gasteiger partial charge in [-0.2, -0.15) is 0 Å². The van der Waals surface area contributed by atoms with E-state index in [9.17, 15) is 4.79 Å². The van der Waals surface area contributed by atoms with E-state index in [2.05, 4.69) is 24.5 Å². The molecule has 1 saturated heterocycles. The van der Waals surface area contributed by atoms with Crippen LogP contribution in [-0.2, 0) is 4.79 Å². The van der Waals surface area contributed by atoms with Crippen molar-refractivity contribution in [2.75, 3.05) is 26.2 Å². The summed E-state index contributed by atoms with van der Waals surface area (Å²) in [6, 6.07) is 0. The van der Waals surface area contributed by atoms with E-state index in [1.165, 1.54) is 0 Å². The molecule has 1 aliphatic heterocycles. The Kier molecular flexibility index (Phi) is 4.54. The molecule has 0 bridgehead atoms. The van der Waals surface area contributed by atoms with Crippen molar-refractivity contribution in [1.82, 2.24) is 10.6 Å². The van der Waals surface area contributed by atoms with Crippen LogP contribution >= 0.6 is 0 Å². The smallest absolute Gasteiger partial charge is 0.227 e. The van der Waals surface area contributed by atoms with Crippen LogP contribution in [0.1, 0.15) is 26.7 Å². The Hall–Kier alpha value is -0.610. The summed E-state index contributed by atoms with van der Waals surface area (Å²) in [5.41, 5.74) is -0.241. The fourth-order valence-corrected chi connectivity index (χ4v) is 2.12. The summed E-state index contributed by atoms with van der Waals surface area (Å²) in [6.45, 7) is 6.59. The van der Waals surface area contributed by atoms with E-state index in [1.807, 2.05) is 0 Å². The minimum absolute atomic E-state index is 0.132. The van der Waals surface area contributed by atoms with Crippen LogP contribution in [0, 0.1) is 11.3 Å². The molecule has 1 atom stereocenters. The van der Waals surface area contributed by atoms with Crippen LogP contribution < -0.4 is 10.6 Å². The third-order valence-corrected chi connectivity index (χ3v) is 3.37. The predicted molar refractivity (Wildman–Crippen MR) is 59.5 cm³/mol. The van der Waals surface area contributed by atoms with Gasteiger partial charge in [-0.15, -0.1) is 0 Å². The molecule has 0 aromatic heterocycles. The Bertz CT molecular complexity index is 211. The molecule has 0 radical (unpaired) electrons. The third-order valence-electron chi connectivity index (χ3n) is 3.37. The lowest BCUT2D eigenvalue weighted by Gasteiger charge is -2.31. The molecule has 1 unspecified atom stereocenters. The first-order chi connectivity index (χ1) is 7.13. The zero-order valence-corrected chi connectivity index (χ0v) is 9.68. The molecule has 0 saturated carbocycles. The van der Waals surface area contributed by atoms with Crippen molar-refractivity contribution in [2.45, 2.75) is 26.7 Å². The second-order valence-corrected chi connectivity index (χ2v) is 4.57. The summed E-state index contributed by atoms with van der Waals surface area (Å²) >= 11 is 0. The Morgan fingerprint density at radius 1 is 1.60 bits per heavy atom. The molecule has 1 aliphatic rings. The number of hydrogen-bond acceptors (Lipinski definition) is 3. The van der Waals surface area contributed by atoms with Crippen LogP contribution in [0.5, 0.6) is 0 Å². The number of amides is 1. The average Bonchev–Trinajstić information content (AvgIpc) is 2.67. The monoisotopic (exact) mass is 214 g/mol. The molecule has 4 nitrogen and oxygen atoms in total. The fraction of sp³-hybridized carbons (Fsp3) is 0.909. The van der Waals surface area contributed by atoms with Crippen molar-refractivity contribution in [1.29, 1.82) is 0 Å². The zero-order chi connectivity index (χ0) is 11.3. The van der Waals surface area contributed by atoms with Gasteiger partial charge in [0.2, 0.25) is 5.91 Å². The van der Waals surface area contributed by atoms with Gasteiger partial charge < -0.3 is 15.7 Å². The van der Waals surface area contributed by atoms with Crippen LogP contribution in [-0.4, -0.2) is 37.3 Å². The van der Waals surface area contributed by atoms with E-state index in [0.717, 1.165) is 19.5 Å². The summed E-state index contributed by atoms with van der Waals surface area (Å²) in [7, 11) is 0. The van der Waals surface area contributed by atoms with Gasteiger partial charge in [0.25, 0.3) is 0 Å². The average molecular weight is 214 g/mol. The number of rotatable bonds is 5. The van der Waals surface area contributed by atoms with Crippen molar-refractivity contribution in [2.24, 2.45) is 11.3 Å². The lowest BCUT2D eigenvalue weighted by Crippen LogP contribution is -2.46. The van der Waals surface area contributed by atoms with Crippen molar-refractivity contribution in [3.8, 4) is 0 Å². The second kappa shape index (κ2) is 5.47. The summed E-state index contributed by atoms with van der Waals surface area (Å²) in [6.07, 6.45) is 1.54. The molecule has 0 aromatic rings. The van der Waals surface area contributed by atoms with E-state index < -0.39 is 0 Å². The maximum atomic E-state index is 12.1. The van der Waals surface area contributed by atoms with Crippen LogP contribution in [0.2, 0.25) is 0 Å². The zero-order valence-electron chi connectivity index (χ0n) is 9.68. The van der Waals surface area contributed by atoms with Gasteiger partial charge in [0.05, 0.1) is 5.41 Å². The molecular weight excluding hydrogens is 192 g/mol. The van der Waals surface area contributed by atoms with Gasteiger partial charge in [0.1, 0.15) is 0 Å². The highest BCUT2D eigenvalue weighted by atomic mass is 16.3. The van der Waals surface area contributed by atoms with Crippen molar-refractivity contribution >= 4 is 5.91 Å². The first kappa shape index (κ1) is 12.5. The molecule has 88 valence electrons. The first-order valence-electron chi connectivity index (χ1n) is 5.73. The molecule has 0 spiro atoms. The normalized spacial score (nSPS) is 25.9. The number of hydrogen-bond donors (Lipinski definition) is 3. The molecular formula is C11H22N2O2. The summed E-state index contributed by atoms with van der Waals surface area (Å²) in [4.78, 5) is 12.1. The number of nitrogens with one attached hydrogen (secondary N) is 2. The van der Waals surface area contributed by atoms with Gasteiger partial charge in [0.15, 0.2) is 0 Å². The van der Waals surface area contributed by atoms with Crippen molar-refractivity contribution in [3.05, 3.63) is 0 Å². The summed E-state index contributed by atoms with van der Waals surface area (Å²) < 4.78 is 0. The van der Waals surface area contributed by atoms with Gasteiger partial charge in [-0.3, -0.25) is 4.79 Å². The number of aliphatic hydroxyl groups is 1. The summed E-state index contributed by atoms with van der Waals surface area (Å²) in [5, 5.41) is 14.8. The Balaban J connectivity index is 2.52. The van der Waals surface area contributed by atoms with Gasteiger partial charge >= 0.3 is 0 Å². The van der Waals surface area contributed by atoms with E-state index in [1.54, 1.807) is 0 Å². The highest BCUT2D eigenvalue weighted by molar-refractivity contribution is 5.83. The molecule has 1 amide bonds. The lowest BCUT2D eigenvalue weighted by atomic mass is 9.75. The van der Waals surface area contributed by atoms with Crippen LogP contribution in [0.15, 0.2) is 0 Å². The number of carbonyl (C=O) groups excluding carboxylic acids is 1. The molecule has 15 heavy (non-hydrogen) atoms. The highest BCUT2D eigenvalue weighted by Gasteiger charge is 2.43. The molecule has 4 heteroatoms. The van der Waals surface area contributed by atoms with Gasteiger partial charge in [-0.25, -0.2) is 0 Å². The largest absolute Gasteiger partial charge is 0.396 e. The second-order valence-electron chi connectivity index (χ2n) is 4.57. The van der Waals surface area contributed by atoms with E-state index in [4.69, 9.17) is 5.11 Å². The molecule has 0 aromatic carbocycles. The molecule has 1 fully saturated rings. The van der Waals surface area contributed by atoms with Gasteiger partial charge in [-0.1, -0.05) is 13.8 Å². The van der Waals surface area contributed by atoms with E-state index in [0.29, 0.717) is 18.9 Å².